The molecule has 0 fully saturated rings. The second kappa shape index (κ2) is 5.53. The summed E-state index contributed by atoms with van der Waals surface area (Å²) in [5.41, 5.74) is 5.57. The molecule has 0 radical (unpaired) electrons. The number of nitrogens with two attached hydrogens (primary N) is 1. The van der Waals surface area contributed by atoms with E-state index in [1.807, 2.05) is 26.0 Å². The Kier molecular flexibility index (Phi) is 4.10. The SMILES string of the molecule is CC1=CC(C)(C)N(C(C(=O)NN)C(C)C)c2ccccc21. The van der Waals surface area contributed by atoms with Gasteiger partial charge in [-0.3, -0.25) is 10.2 Å². The lowest BCUT2D eigenvalue weighted by atomic mass is 9.85. The van der Waals surface area contributed by atoms with Gasteiger partial charge in [0, 0.05) is 11.3 Å². The van der Waals surface area contributed by atoms with Crippen LogP contribution in [0.5, 0.6) is 0 Å². The van der Waals surface area contributed by atoms with E-state index in [9.17, 15) is 4.79 Å². The van der Waals surface area contributed by atoms with Crippen molar-refractivity contribution in [2.45, 2.75) is 46.2 Å². The number of amides is 1. The molecule has 1 aromatic rings. The molecule has 0 saturated carbocycles. The van der Waals surface area contributed by atoms with Crippen LogP contribution >= 0.6 is 0 Å². The molecule has 114 valence electrons. The van der Waals surface area contributed by atoms with Crippen molar-refractivity contribution in [3.63, 3.8) is 0 Å². The lowest BCUT2D eigenvalue weighted by molar-refractivity contribution is -0.123. The molecule has 4 heteroatoms. The number of fused-ring (bicyclic) bond motifs is 1. The topological polar surface area (TPSA) is 58.4 Å². The van der Waals surface area contributed by atoms with E-state index in [4.69, 9.17) is 5.84 Å². The smallest absolute Gasteiger partial charge is 0.256 e. The van der Waals surface area contributed by atoms with Gasteiger partial charge in [-0.25, -0.2) is 5.84 Å². The number of hydrazine groups is 1. The van der Waals surface area contributed by atoms with Crippen LogP contribution in [0.4, 0.5) is 5.69 Å². The summed E-state index contributed by atoms with van der Waals surface area (Å²) in [5.74, 6) is 5.41. The van der Waals surface area contributed by atoms with Crippen LogP contribution in [0.15, 0.2) is 30.3 Å². The predicted molar refractivity (Wildman–Crippen MR) is 87.6 cm³/mol. The van der Waals surface area contributed by atoms with Gasteiger partial charge in [-0.15, -0.1) is 0 Å². The fourth-order valence-corrected chi connectivity index (χ4v) is 3.32. The Hall–Kier alpha value is -1.81. The Morgan fingerprint density at radius 2 is 1.90 bits per heavy atom. The average Bonchev–Trinajstić information content (AvgIpc) is 2.41. The largest absolute Gasteiger partial charge is 0.350 e. The van der Waals surface area contributed by atoms with E-state index in [0.717, 1.165) is 5.69 Å². The summed E-state index contributed by atoms with van der Waals surface area (Å²) in [7, 11) is 0. The number of hydrogen-bond donors (Lipinski definition) is 2. The Bertz CT molecular complexity index is 575. The molecule has 1 aromatic carbocycles. The lowest BCUT2D eigenvalue weighted by Gasteiger charge is -2.48. The van der Waals surface area contributed by atoms with Gasteiger partial charge in [0.2, 0.25) is 0 Å². The molecule has 0 spiro atoms. The highest BCUT2D eigenvalue weighted by Gasteiger charge is 2.40. The van der Waals surface area contributed by atoms with Crippen LogP contribution < -0.4 is 16.2 Å². The molecule has 0 saturated heterocycles. The van der Waals surface area contributed by atoms with Crippen LogP contribution in [0.25, 0.3) is 5.57 Å². The summed E-state index contributed by atoms with van der Waals surface area (Å²) in [5, 5.41) is 0. The van der Waals surface area contributed by atoms with Crippen LogP contribution in [-0.2, 0) is 4.79 Å². The standard InChI is InChI=1S/C17H25N3O/c1-11(2)15(16(21)19-18)20-14-9-7-6-8-13(14)12(3)10-17(20,4)5/h6-11,15H,18H2,1-5H3,(H,19,21). The second-order valence-corrected chi connectivity index (χ2v) is 6.57. The number of para-hydroxylation sites is 1. The minimum atomic E-state index is -0.310. The minimum absolute atomic E-state index is 0.146. The summed E-state index contributed by atoms with van der Waals surface area (Å²) >= 11 is 0. The zero-order chi connectivity index (χ0) is 15.8. The molecule has 3 N–H and O–H groups in total. The first kappa shape index (κ1) is 15.6. The van der Waals surface area contributed by atoms with Crippen molar-refractivity contribution in [1.29, 1.82) is 0 Å². The van der Waals surface area contributed by atoms with Crippen molar-refractivity contribution in [1.82, 2.24) is 5.43 Å². The number of anilines is 1. The number of nitrogens with zero attached hydrogens (tertiary/aromatic N) is 1. The Labute approximate surface area is 127 Å². The molecule has 1 heterocycles. The van der Waals surface area contributed by atoms with E-state index in [2.05, 4.69) is 49.3 Å². The number of rotatable bonds is 3. The third-order valence-electron chi connectivity index (χ3n) is 4.10. The van der Waals surface area contributed by atoms with Gasteiger partial charge in [0.1, 0.15) is 6.04 Å². The molecule has 1 amide bonds. The van der Waals surface area contributed by atoms with Gasteiger partial charge in [-0.1, -0.05) is 38.1 Å². The molecule has 0 aromatic heterocycles. The van der Waals surface area contributed by atoms with Crippen LogP contribution in [0.1, 0.15) is 40.2 Å². The summed E-state index contributed by atoms with van der Waals surface area (Å²) < 4.78 is 0. The molecule has 1 aliphatic heterocycles. The highest BCUT2D eigenvalue weighted by Crippen LogP contribution is 2.41. The molecule has 0 aliphatic carbocycles. The van der Waals surface area contributed by atoms with Gasteiger partial charge in [0.05, 0.1) is 5.54 Å². The van der Waals surface area contributed by atoms with E-state index in [1.165, 1.54) is 11.1 Å². The van der Waals surface area contributed by atoms with E-state index < -0.39 is 0 Å². The van der Waals surface area contributed by atoms with Crippen LogP contribution in [0.2, 0.25) is 0 Å². The van der Waals surface area contributed by atoms with E-state index >= 15 is 0 Å². The Morgan fingerprint density at radius 1 is 1.29 bits per heavy atom. The van der Waals surface area contributed by atoms with Crippen LogP contribution in [0, 0.1) is 5.92 Å². The van der Waals surface area contributed by atoms with Crippen molar-refractivity contribution < 1.29 is 4.79 Å². The van der Waals surface area contributed by atoms with E-state index in [0.29, 0.717) is 0 Å². The van der Waals surface area contributed by atoms with Crippen LogP contribution in [0.3, 0.4) is 0 Å². The summed E-state index contributed by atoms with van der Waals surface area (Å²) in [6, 6.07) is 7.90. The molecule has 1 unspecified atom stereocenters. The molecular formula is C17H25N3O. The first-order valence-corrected chi connectivity index (χ1v) is 7.38. The highest BCUT2D eigenvalue weighted by atomic mass is 16.2. The Balaban J connectivity index is 2.62. The van der Waals surface area contributed by atoms with Gasteiger partial charge in [-0.05, 0) is 38.3 Å². The van der Waals surface area contributed by atoms with Gasteiger partial charge in [0.25, 0.3) is 5.91 Å². The molecule has 2 rings (SSSR count). The van der Waals surface area contributed by atoms with Crippen LogP contribution in [-0.4, -0.2) is 17.5 Å². The first-order valence-electron chi connectivity index (χ1n) is 7.38. The molecule has 21 heavy (non-hydrogen) atoms. The number of allylic oxidation sites excluding steroid dienone is 1. The number of hydrogen-bond acceptors (Lipinski definition) is 3. The minimum Gasteiger partial charge on any atom is -0.350 e. The Morgan fingerprint density at radius 3 is 2.48 bits per heavy atom. The van der Waals surface area contributed by atoms with Crippen molar-refractivity contribution >= 4 is 17.2 Å². The van der Waals surface area contributed by atoms with E-state index in [1.54, 1.807) is 0 Å². The maximum atomic E-state index is 12.3. The molecule has 0 bridgehead atoms. The zero-order valence-corrected chi connectivity index (χ0v) is 13.5. The van der Waals surface area contributed by atoms with Gasteiger partial charge < -0.3 is 4.90 Å². The summed E-state index contributed by atoms with van der Waals surface area (Å²) in [4.78, 5) is 14.5. The molecule has 1 atom stereocenters. The number of carbonyl (C=O) groups is 1. The monoisotopic (exact) mass is 287 g/mol. The third kappa shape index (κ3) is 2.68. The van der Waals surface area contributed by atoms with Gasteiger partial charge in [-0.2, -0.15) is 0 Å². The maximum absolute atomic E-state index is 12.3. The molecule has 4 nitrogen and oxygen atoms in total. The van der Waals surface area contributed by atoms with Gasteiger partial charge in [0.15, 0.2) is 0 Å². The summed E-state index contributed by atoms with van der Waals surface area (Å²) in [6.45, 7) is 10.5. The fourth-order valence-electron chi connectivity index (χ4n) is 3.32. The highest BCUT2D eigenvalue weighted by molar-refractivity contribution is 5.89. The molecule has 1 aliphatic rings. The zero-order valence-electron chi connectivity index (χ0n) is 13.5. The van der Waals surface area contributed by atoms with Crippen molar-refractivity contribution in [3.8, 4) is 0 Å². The molecular weight excluding hydrogens is 262 g/mol. The fraction of sp³-hybridized carbons (Fsp3) is 0.471. The number of nitrogens with one attached hydrogen (secondary N) is 1. The average molecular weight is 287 g/mol. The van der Waals surface area contributed by atoms with Crippen molar-refractivity contribution in [3.05, 3.63) is 35.9 Å². The number of carbonyl (C=O) groups excluding carboxylic acids is 1. The lowest BCUT2D eigenvalue weighted by Crippen LogP contribution is -2.59. The first-order chi connectivity index (χ1) is 9.79. The normalized spacial score (nSPS) is 18.0. The van der Waals surface area contributed by atoms with Gasteiger partial charge >= 0.3 is 0 Å². The summed E-state index contributed by atoms with van der Waals surface area (Å²) in [6.07, 6.45) is 2.22. The quantitative estimate of drug-likeness (QED) is 0.510. The maximum Gasteiger partial charge on any atom is 0.256 e. The third-order valence-corrected chi connectivity index (χ3v) is 4.10. The van der Waals surface area contributed by atoms with Crippen molar-refractivity contribution in [2.75, 3.05) is 4.90 Å². The van der Waals surface area contributed by atoms with Crippen molar-refractivity contribution in [2.24, 2.45) is 11.8 Å². The van der Waals surface area contributed by atoms with E-state index in [-0.39, 0.29) is 23.4 Å². The number of benzene rings is 1. The second-order valence-electron chi connectivity index (χ2n) is 6.57. The predicted octanol–water partition coefficient (Wildman–Crippen LogP) is 2.70.